The third-order valence-electron chi connectivity index (χ3n) is 7.65. The van der Waals surface area contributed by atoms with E-state index in [9.17, 15) is 9.18 Å². The van der Waals surface area contributed by atoms with Crippen LogP contribution >= 0.6 is 0 Å². The lowest BCUT2D eigenvalue weighted by Crippen LogP contribution is -2.66. The van der Waals surface area contributed by atoms with Crippen molar-refractivity contribution in [2.24, 2.45) is 0 Å². The summed E-state index contributed by atoms with van der Waals surface area (Å²) in [5.74, 6) is 0.341. The molecule has 1 amide bonds. The Bertz CT molecular complexity index is 1380. The van der Waals surface area contributed by atoms with Gasteiger partial charge in [-0.2, -0.15) is 0 Å². The molecule has 2 atom stereocenters. The van der Waals surface area contributed by atoms with E-state index in [1.54, 1.807) is 25.6 Å². The van der Waals surface area contributed by atoms with Crippen LogP contribution in [-0.4, -0.2) is 50.4 Å². The number of amides is 1. The first-order valence-corrected chi connectivity index (χ1v) is 12.6. The minimum Gasteiger partial charge on any atom is -0.495 e. The van der Waals surface area contributed by atoms with Gasteiger partial charge in [0, 0.05) is 18.3 Å². The molecule has 8 heteroatoms. The summed E-state index contributed by atoms with van der Waals surface area (Å²) in [4.78, 5) is 22.0. The molecule has 2 unspecified atom stereocenters. The number of halogens is 1. The number of rotatable bonds is 5. The number of methoxy groups -OCH3 is 1. The quantitative estimate of drug-likeness (QED) is 0.413. The number of fused-ring (bicyclic) bond motifs is 1. The molecule has 0 bridgehead atoms. The van der Waals surface area contributed by atoms with Gasteiger partial charge in [-0.25, -0.2) is 9.37 Å². The Morgan fingerprint density at radius 2 is 1.92 bits per heavy atom. The normalized spacial score (nSPS) is 21.2. The third kappa shape index (κ3) is 4.59. The Labute approximate surface area is 224 Å². The number of piperidine rings is 1. The molecule has 7 nitrogen and oxygen atoms in total. The number of ether oxygens (including phenoxy) is 1. The molecular formula is C30H36FN5O2. The van der Waals surface area contributed by atoms with E-state index in [1.807, 2.05) is 53.8 Å². The van der Waals surface area contributed by atoms with Crippen molar-refractivity contribution in [1.82, 2.24) is 19.4 Å². The second-order valence-corrected chi connectivity index (χ2v) is 10.0. The van der Waals surface area contributed by atoms with Crippen molar-refractivity contribution in [1.29, 1.82) is 5.41 Å². The van der Waals surface area contributed by atoms with Gasteiger partial charge in [0.1, 0.15) is 11.6 Å². The number of nitrogens with zero attached hydrogens (tertiary/aromatic N) is 4. The van der Waals surface area contributed by atoms with Crippen LogP contribution < -0.4 is 4.74 Å². The molecule has 2 aliphatic heterocycles. The summed E-state index contributed by atoms with van der Waals surface area (Å²) in [5, 5.41) is 9.01. The van der Waals surface area contributed by atoms with Crippen molar-refractivity contribution in [3.05, 3.63) is 83.2 Å². The fourth-order valence-electron chi connectivity index (χ4n) is 5.51. The predicted molar refractivity (Wildman–Crippen MR) is 148 cm³/mol. The van der Waals surface area contributed by atoms with Gasteiger partial charge in [0.2, 0.25) is 5.96 Å². The molecule has 0 radical (unpaired) electrons. The van der Waals surface area contributed by atoms with Gasteiger partial charge in [0.25, 0.3) is 5.91 Å². The van der Waals surface area contributed by atoms with Crippen LogP contribution in [0.25, 0.3) is 11.8 Å². The van der Waals surface area contributed by atoms with E-state index in [0.717, 1.165) is 41.8 Å². The molecule has 5 rings (SSSR count). The highest BCUT2D eigenvalue weighted by Crippen LogP contribution is 2.43. The fraction of sp³-hybridized carbons (Fsp3) is 0.367. The summed E-state index contributed by atoms with van der Waals surface area (Å²) in [6.07, 6.45) is 8.35. The first kappa shape index (κ1) is 27.1. The molecule has 200 valence electrons. The molecule has 0 saturated carbocycles. The van der Waals surface area contributed by atoms with E-state index in [-0.39, 0.29) is 25.1 Å². The van der Waals surface area contributed by atoms with Gasteiger partial charge in [-0.1, -0.05) is 25.6 Å². The Kier molecular flexibility index (Phi) is 7.44. The zero-order valence-electron chi connectivity index (χ0n) is 21.7. The summed E-state index contributed by atoms with van der Waals surface area (Å²) in [6, 6.07) is 11.6. The predicted octanol–water partition coefficient (Wildman–Crippen LogP) is 6.13. The summed E-state index contributed by atoms with van der Waals surface area (Å²) in [7, 11) is 1.63. The summed E-state index contributed by atoms with van der Waals surface area (Å²) < 4.78 is 21.2. The average molecular weight is 518 g/mol. The zero-order chi connectivity index (χ0) is 26.3. The summed E-state index contributed by atoms with van der Waals surface area (Å²) in [6.45, 7) is 6.58. The van der Waals surface area contributed by atoms with Crippen molar-refractivity contribution in [3.8, 4) is 11.4 Å². The average Bonchev–Trinajstić information content (AvgIpc) is 3.32. The van der Waals surface area contributed by atoms with Crippen LogP contribution in [0.3, 0.4) is 0 Å². The van der Waals surface area contributed by atoms with Gasteiger partial charge < -0.3 is 14.2 Å². The number of aromatic nitrogens is 2. The number of hydrogen-bond donors (Lipinski definition) is 1. The molecule has 3 heterocycles. The van der Waals surface area contributed by atoms with Crippen molar-refractivity contribution in [2.45, 2.75) is 59.0 Å². The van der Waals surface area contributed by atoms with E-state index in [4.69, 9.17) is 10.1 Å². The van der Waals surface area contributed by atoms with Crippen molar-refractivity contribution < 1.29 is 13.9 Å². The van der Waals surface area contributed by atoms with Gasteiger partial charge in [0.05, 0.1) is 36.4 Å². The molecule has 3 aromatic rings. The van der Waals surface area contributed by atoms with Crippen LogP contribution in [0.2, 0.25) is 0 Å². The maximum atomic E-state index is 14.1. The van der Waals surface area contributed by atoms with Crippen molar-refractivity contribution in [2.75, 3.05) is 13.7 Å². The molecular weight excluding hydrogens is 481 g/mol. The zero-order valence-corrected chi connectivity index (χ0v) is 21.7. The second kappa shape index (κ2) is 10.4. The highest BCUT2D eigenvalue weighted by Gasteiger charge is 2.50. The van der Waals surface area contributed by atoms with Gasteiger partial charge in [0.15, 0.2) is 0 Å². The number of benzene rings is 2. The smallest absolute Gasteiger partial charge is 0.259 e. The van der Waals surface area contributed by atoms with E-state index in [0.29, 0.717) is 17.9 Å². The molecule has 1 N–H and O–H groups in total. The molecule has 2 fully saturated rings. The largest absolute Gasteiger partial charge is 0.495 e. The molecule has 0 aliphatic carbocycles. The number of carbonyl (C=O) groups excluding carboxylic acids is 1. The molecule has 2 aromatic carbocycles. The summed E-state index contributed by atoms with van der Waals surface area (Å²) in [5.41, 5.74) is 3.45. The number of imidazole rings is 1. The minimum atomic E-state index is -0.585. The van der Waals surface area contributed by atoms with E-state index in [2.05, 4.69) is 11.9 Å². The van der Waals surface area contributed by atoms with E-state index >= 15 is 0 Å². The van der Waals surface area contributed by atoms with Crippen LogP contribution in [0.1, 0.15) is 63.4 Å². The lowest BCUT2D eigenvalue weighted by molar-refractivity contribution is -0.129. The maximum absolute atomic E-state index is 14.1. The Balaban J connectivity index is 0.00000336. The van der Waals surface area contributed by atoms with Crippen LogP contribution in [0.5, 0.6) is 5.75 Å². The number of nitrogens with one attached hydrogen (secondary N) is 1. The SMILES string of the molecule is C.COc1cc(/C=C2/C(=O)N(C(C)c3ccc(F)cc3)C(=N)N3CCCCC23C)ccc1-n1cnc(C)c1. The Morgan fingerprint density at radius 3 is 2.58 bits per heavy atom. The second-order valence-electron chi connectivity index (χ2n) is 10.0. The standard InChI is InChI=1S/C29H32FN5O2.CH4/c1-19-17-33(18-32-19)25-12-7-21(16-26(25)37-4)15-24-27(36)35(20(2)22-8-10-23(30)11-9-22)28(31)34-14-6-5-13-29(24,34)3;/h7-12,15-18,20,31H,5-6,13-14H2,1-4H3;1H4/b24-15-,31-28?;. The third-order valence-corrected chi connectivity index (χ3v) is 7.65. The van der Waals surface area contributed by atoms with Crippen LogP contribution in [0, 0.1) is 18.2 Å². The van der Waals surface area contributed by atoms with Crippen molar-refractivity contribution in [3.63, 3.8) is 0 Å². The van der Waals surface area contributed by atoms with E-state index < -0.39 is 11.6 Å². The topological polar surface area (TPSA) is 74.5 Å². The molecule has 2 saturated heterocycles. The molecule has 2 aliphatic rings. The fourth-order valence-corrected chi connectivity index (χ4v) is 5.51. The first-order chi connectivity index (χ1) is 17.7. The van der Waals surface area contributed by atoms with Gasteiger partial charge in [-0.3, -0.25) is 15.1 Å². The van der Waals surface area contributed by atoms with Crippen molar-refractivity contribution >= 4 is 17.9 Å². The number of carbonyl (C=O) groups is 1. The monoisotopic (exact) mass is 517 g/mol. The Hall–Kier alpha value is -3.94. The van der Waals surface area contributed by atoms with Crippen LogP contribution in [-0.2, 0) is 4.79 Å². The molecule has 0 spiro atoms. The number of hydrogen-bond acceptors (Lipinski definition) is 4. The number of aryl methyl sites for hydroxylation is 1. The highest BCUT2D eigenvalue weighted by molar-refractivity contribution is 6.12. The lowest BCUT2D eigenvalue weighted by atomic mass is 9.78. The molecule has 1 aromatic heterocycles. The summed E-state index contributed by atoms with van der Waals surface area (Å²) >= 11 is 0. The number of guanidine groups is 1. The lowest BCUT2D eigenvalue weighted by Gasteiger charge is -2.54. The van der Waals surface area contributed by atoms with Crippen LogP contribution in [0.4, 0.5) is 4.39 Å². The van der Waals surface area contributed by atoms with Crippen LogP contribution in [0.15, 0.2) is 60.6 Å². The maximum Gasteiger partial charge on any atom is 0.259 e. The Morgan fingerprint density at radius 1 is 1.18 bits per heavy atom. The van der Waals surface area contributed by atoms with Gasteiger partial charge in [-0.15, -0.1) is 0 Å². The van der Waals surface area contributed by atoms with Gasteiger partial charge >= 0.3 is 0 Å². The van der Waals surface area contributed by atoms with E-state index in [1.165, 1.54) is 17.0 Å². The highest BCUT2D eigenvalue weighted by atomic mass is 19.1. The first-order valence-electron chi connectivity index (χ1n) is 12.6. The minimum absolute atomic E-state index is 0. The molecule has 38 heavy (non-hydrogen) atoms. The van der Waals surface area contributed by atoms with Gasteiger partial charge in [-0.05, 0) is 81.5 Å².